The van der Waals surface area contributed by atoms with Crippen LogP contribution in [0.5, 0.6) is 0 Å². The lowest BCUT2D eigenvalue weighted by Gasteiger charge is -2.37. The van der Waals surface area contributed by atoms with Gasteiger partial charge >= 0.3 is 0 Å². The molecule has 0 aromatic rings. The summed E-state index contributed by atoms with van der Waals surface area (Å²) in [5, 5.41) is 5.41. The molecule has 3 amide bonds. The molecule has 3 rings (SSSR count). The largest absolute Gasteiger partial charge is 0.342 e. The fourth-order valence-electron chi connectivity index (χ4n) is 2.76. The lowest BCUT2D eigenvalue weighted by Crippen LogP contribution is -2.55. The Morgan fingerprint density at radius 1 is 1.18 bits per heavy atom. The second kappa shape index (κ2) is 3.80. The van der Waals surface area contributed by atoms with Crippen LogP contribution in [-0.4, -0.2) is 48.8 Å². The third-order valence-corrected chi connectivity index (χ3v) is 3.98. The van der Waals surface area contributed by atoms with Gasteiger partial charge in [0, 0.05) is 26.2 Å². The minimum absolute atomic E-state index is 0.0618. The first kappa shape index (κ1) is 10.7. The number of hydrogen-bond donors (Lipinski definition) is 2. The number of fused-ring (bicyclic) bond motifs is 1. The molecular weight excluding hydrogens is 222 g/mol. The summed E-state index contributed by atoms with van der Waals surface area (Å²) in [7, 11) is 0. The summed E-state index contributed by atoms with van der Waals surface area (Å²) in [6.07, 6.45) is 0.605. The lowest BCUT2D eigenvalue weighted by atomic mass is 9.87. The van der Waals surface area contributed by atoms with E-state index in [1.807, 2.05) is 0 Å². The van der Waals surface area contributed by atoms with E-state index in [9.17, 15) is 14.4 Å². The minimum Gasteiger partial charge on any atom is -0.342 e. The third kappa shape index (κ3) is 1.63. The molecule has 2 unspecified atom stereocenters. The van der Waals surface area contributed by atoms with Crippen molar-refractivity contribution in [3.8, 4) is 0 Å². The molecule has 6 heteroatoms. The quantitative estimate of drug-likeness (QED) is 0.534. The van der Waals surface area contributed by atoms with Gasteiger partial charge in [-0.25, -0.2) is 0 Å². The van der Waals surface area contributed by atoms with Crippen LogP contribution in [0.1, 0.15) is 6.42 Å². The molecular formula is C11H15N3O3. The Kier molecular flexibility index (Phi) is 2.39. The van der Waals surface area contributed by atoms with Crippen LogP contribution in [-0.2, 0) is 14.4 Å². The molecule has 0 radical (unpaired) electrons. The number of hydrogen-bond acceptors (Lipinski definition) is 4. The van der Waals surface area contributed by atoms with Gasteiger partial charge in [0.2, 0.25) is 17.7 Å². The van der Waals surface area contributed by atoms with Crippen LogP contribution in [0.4, 0.5) is 0 Å². The summed E-state index contributed by atoms with van der Waals surface area (Å²) in [6.45, 7) is 2.46. The van der Waals surface area contributed by atoms with Crippen molar-refractivity contribution in [3.05, 3.63) is 0 Å². The van der Waals surface area contributed by atoms with Gasteiger partial charge in [-0.1, -0.05) is 0 Å². The maximum atomic E-state index is 12.0. The van der Waals surface area contributed by atoms with E-state index in [-0.39, 0.29) is 35.5 Å². The summed E-state index contributed by atoms with van der Waals surface area (Å²) >= 11 is 0. The first-order valence-electron chi connectivity index (χ1n) is 6.01. The molecule has 0 saturated carbocycles. The molecule has 92 valence electrons. The van der Waals surface area contributed by atoms with Crippen molar-refractivity contribution < 1.29 is 14.4 Å². The van der Waals surface area contributed by atoms with E-state index in [2.05, 4.69) is 10.6 Å². The van der Waals surface area contributed by atoms with Gasteiger partial charge < -0.3 is 10.2 Å². The van der Waals surface area contributed by atoms with E-state index < -0.39 is 0 Å². The van der Waals surface area contributed by atoms with Crippen molar-refractivity contribution in [3.63, 3.8) is 0 Å². The molecule has 3 aliphatic rings. The van der Waals surface area contributed by atoms with Gasteiger partial charge in [-0.05, 0) is 6.42 Å². The van der Waals surface area contributed by atoms with E-state index in [0.717, 1.165) is 13.1 Å². The topological polar surface area (TPSA) is 78.5 Å². The number of likely N-dealkylation sites (tertiary alicyclic amines) is 1. The smallest absolute Gasteiger partial charge is 0.232 e. The van der Waals surface area contributed by atoms with Crippen LogP contribution in [0.3, 0.4) is 0 Å². The van der Waals surface area contributed by atoms with Gasteiger partial charge in [0.25, 0.3) is 0 Å². The van der Waals surface area contributed by atoms with E-state index in [1.165, 1.54) is 0 Å². The highest BCUT2D eigenvalue weighted by Gasteiger charge is 2.46. The van der Waals surface area contributed by atoms with Gasteiger partial charge in [-0.3, -0.25) is 19.7 Å². The molecule has 2 atom stereocenters. The second-order valence-electron chi connectivity index (χ2n) is 4.99. The van der Waals surface area contributed by atoms with Crippen molar-refractivity contribution in [2.45, 2.75) is 6.42 Å². The predicted molar refractivity (Wildman–Crippen MR) is 57.7 cm³/mol. The normalized spacial score (nSPS) is 33.1. The molecule has 17 heavy (non-hydrogen) atoms. The summed E-state index contributed by atoms with van der Waals surface area (Å²) in [5.74, 6) is -0.748. The van der Waals surface area contributed by atoms with Crippen molar-refractivity contribution in [1.29, 1.82) is 0 Å². The van der Waals surface area contributed by atoms with Gasteiger partial charge in [0.05, 0.1) is 17.8 Å². The number of piperidine rings is 1. The average molecular weight is 237 g/mol. The summed E-state index contributed by atoms with van der Waals surface area (Å²) in [6, 6.07) is 0. The highest BCUT2D eigenvalue weighted by molar-refractivity contribution is 6.05. The van der Waals surface area contributed by atoms with Crippen LogP contribution in [0.15, 0.2) is 0 Å². The number of nitrogens with zero attached hydrogens (tertiary/aromatic N) is 1. The summed E-state index contributed by atoms with van der Waals surface area (Å²) in [4.78, 5) is 36.8. The maximum absolute atomic E-state index is 12.0. The van der Waals surface area contributed by atoms with Crippen LogP contribution in [0.2, 0.25) is 0 Å². The predicted octanol–water partition coefficient (Wildman–Crippen LogP) is -1.67. The van der Waals surface area contributed by atoms with Gasteiger partial charge in [-0.15, -0.1) is 0 Å². The Balaban J connectivity index is 1.69. The van der Waals surface area contributed by atoms with E-state index in [4.69, 9.17) is 0 Å². The van der Waals surface area contributed by atoms with E-state index >= 15 is 0 Å². The Labute approximate surface area is 98.7 Å². The van der Waals surface area contributed by atoms with Crippen molar-refractivity contribution >= 4 is 17.7 Å². The second-order valence-corrected chi connectivity index (χ2v) is 4.99. The molecule has 6 nitrogen and oxygen atoms in total. The molecule has 0 aromatic carbocycles. The number of carbonyl (C=O) groups is 3. The molecule has 0 bridgehead atoms. The monoisotopic (exact) mass is 237 g/mol. The number of nitrogens with one attached hydrogen (secondary N) is 2. The molecule has 3 heterocycles. The first-order chi connectivity index (χ1) is 8.16. The number of imide groups is 1. The SMILES string of the molecule is O=C1NC(=O)C2CN(C(=O)C3CNC3)CCC12. The molecule has 3 saturated heterocycles. The number of carbonyl (C=O) groups excluding carboxylic acids is 3. The molecule has 3 fully saturated rings. The molecule has 3 aliphatic heterocycles. The number of rotatable bonds is 1. The highest BCUT2D eigenvalue weighted by atomic mass is 16.2. The Bertz CT molecular complexity index is 391. The zero-order valence-electron chi connectivity index (χ0n) is 9.44. The van der Waals surface area contributed by atoms with Crippen LogP contribution in [0, 0.1) is 17.8 Å². The van der Waals surface area contributed by atoms with Crippen molar-refractivity contribution in [2.24, 2.45) is 17.8 Å². The molecule has 0 aromatic heterocycles. The van der Waals surface area contributed by atoms with E-state index in [0.29, 0.717) is 19.5 Å². The van der Waals surface area contributed by atoms with Gasteiger partial charge in [0.1, 0.15) is 0 Å². The zero-order valence-corrected chi connectivity index (χ0v) is 9.44. The fourth-order valence-corrected chi connectivity index (χ4v) is 2.76. The molecule has 0 aliphatic carbocycles. The van der Waals surface area contributed by atoms with Gasteiger partial charge in [-0.2, -0.15) is 0 Å². The maximum Gasteiger partial charge on any atom is 0.232 e. The van der Waals surface area contributed by atoms with E-state index in [1.54, 1.807) is 4.90 Å². The standard InChI is InChI=1S/C11H15N3O3/c15-9-7-1-2-14(5-8(7)10(16)13-9)11(17)6-3-12-4-6/h6-8,12H,1-5H2,(H,13,15,16). The lowest BCUT2D eigenvalue weighted by molar-refractivity contribution is -0.141. The highest BCUT2D eigenvalue weighted by Crippen LogP contribution is 2.29. The van der Waals surface area contributed by atoms with Crippen LogP contribution in [0.25, 0.3) is 0 Å². The zero-order chi connectivity index (χ0) is 12.0. The van der Waals surface area contributed by atoms with Crippen LogP contribution >= 0.6 is 0 Å². The average Bonchev–Trinajstić information content (AvgIpc) is 2.52. The number of amides is 3. The Morgan fingerprint density at radius 3 is 2.53 bits per heavy atom. The fraction of sp³-hybridized carbons (Fsp3) is 0.727. The van der Waals surface area contributed by atoms with Crippen LogP contribution < -0.4 is 10.6 Å². The van der Waals surface area contributed by atoms with Crippen molar-refractivity contribution in [1.82, 2.24) is 15.5 Å². The van der Waals surface area contributed by atoms with Gasteiger partial charge in [0.15, 0.2) is 0 Å². The Hall–Kier alpha value is -1.43. The third-order valence-electron chi connectivity index (χ3n) is 3.98. The Morgan fingerprint density at radius 2 is 1.88 bits per heavy atom. The minimum atomic E-state index is -0.326. The summed E-state index contributed by atoms with van der Waals surface area (Å²) < 4.78 is 0. The molecule has 2 N–H and O–H groups in total. The molecule has 0 spiro atoms. The van der Waals surface area contributed by atoms with Crippen molar-refractivity contribution in [2.75, 3.05) is 26.2 Å². The summed E-state index contributed by atoms with van der Waals surface area (Å²) in [5.41, 5.74) is 0. The first-order valence-corrected chi connectivity index (χ1v) is 6.01.